The molecule has 1 aliphatic rings. The molecule has 0 aromatic heterocycles. The Balaban J connectivity index is 0.00000220. The summed E-state index contributed by atoms with van der Waals surface area (Å²) in [4.78, 5) is 12.2. The summed E-state index contributed by atoms with van der Waals surface area (Å²) in [6.07, 6.45) is 2.80. The van der Waals surface area contributed by atoms with Crippen molar-refractivity contribution < 1.29 is 14.3 Å². The maximum Gasteiger partial charge on any atom is 0.229 e. The number of methoxy groups -OCH3 is 1. The predicted octanol–water partition coefficient (Wildman–Crippen LogP) is 2.58. The molecular weight excluding hydrogens is 292 g/mol. The lowest BCUT2D eigenvalue weighted by Crippen LogP contribution is -2.34. The molecule has 1 amide bonds. The summed E-state index contributed by atoms with van der Waals surface area (Å²) in [5.41, 5.74) is 6.66. The van der Waals surface area contributed by atoms with Gasteiger partial charge in [0.2, 0.25) is 5.91 Å². The number of carbonyl (C=O) groups excluding carboxylic acids is 1. The molecule has 118 valence electrons. The molecule has 1 fully saturated rings. The fourth-order valence-corrected chi connectivity index (χ4v) is 2.57. The van der Waals surface area contributed by atoms with Crippen molar-refractivity contribution in [2.45, 2.75) is 32.2 Å². The molecule has 1 aliphatic carbocycles. The fraction of sp³-hybridized carbons (Fsp3) is 0.533. The first-order valence-electron chi connectivity index (χ1n) is 7.03. The zero-order chi connectivity index (χ0) is 14.5. The Morgan fingerprint density at radius 1 is 1.38 bits per heavy atom. The van der Waals surface area contributed by atoms with Gasteiger partial charge in [-0.2, -0.15) is 0 Å². The Morgan fingerprint density at radius 3 is 2.71 bits per heavy atom. The largest absolute Gasteiger partial charge is 0.493 e. The molecule has 1 aromatic carbocycles. The van der Waals surface area contributed by atoms with E-state index in [1.807, 2.05) is 6.92 Å². The van der Waals surface area contributed by atoms with Crippen LogP contribution in [0.1, 0.15) is 26.2 Å². The van der Waals surface area contributed by atoms with Crippen LogP contribution in [0.25, 0.3) is 0 Å². The molecule has 1 saturated carbocycles. The summed E-state index contributed by atoms with van der Waals surface area (Å²) in [7, 11) is 1.59. The highest BCUT2D eigenvalue weighted by Gasteiger charge is 2.30. The monoisotopic (exact) mass is 314 g/mol. The first kappa shape index (κ1) is 17.6. The Morgan fingerprint density at radius 2 is 2.14 bits per heavy atom. The van der Waals surface area contributed by atoms with Crippen LogP contribution in [0, 0.1) is 5.92 Å². The SMILES string of the molecule is CCOc1cc(NC(=O)C2CCCC2N)ccc1OC.Cl. The number of hydrogen-bond acceptors (Lipinski definition) is 4. The molecule has 0 bridgehead atoms. The quantitative estimate of drug-likeness (QED) is 0.876. The summed E-state index contributed by atoms with van der Waals surface area (Å²) < 4.78 is 10.7. The Hall–Kier alpha value is -1.46. The van der Waals surface area contributed by atoms with Crippen LogP contribution >= 0.6 is 12.4 Å². The van der Waals surface area contributed by atoms with Crippen LogP contribution < -0.4 is 20.5 Å². The lowest BCUT2D eigenvalue weighted by Gasteiger charge is -2.16. The van der Waals surface area contributed by atoms with Crippen molar-refractivity contribution in [1.29, 1.82) is 0 Å². The van der Waals surface area contributed by atoms with E-state index in [1.165, 1.54) is 0 Å². The predicted molar refractivity (Wildman–Crippen MR) is 85.4 cm³/mol. The van der Waals surface area contributed by atoms with Crippen LogP contribution in [0.2, 0.25) is 0 Å². The second-order valence-corrected chi connectivity index (χ2v) is 4.99. The molecule has 5 nitrogen and oxygen atoms in total. The lowest BCUT2D eigenvalue weighted by molar-refractivity contribution is -0.120. The molecule has 0 spiro atoms. The summed E-state index contributed by atoms with van der Waals surface area (Å²) in [5.74, 6) is 1.18. The first-order chi connectivity index (χ1) is 9.65. The number of halogens is 1. The first-order valence-corrected chi connectivity index (χ1v) is 7.03. The number of nitrogens with two attached hydrogens (primary N) is 1. The zero-order valence-electron chi connectivity index (χ0n) is 12.4. The van der Waals surface area contributed by atoms with E-state index in [1.54, 1.807) is 25.3 Å². The summed E-state index contributed by atoms with van der Waals surface area (Å²) in [6.45, 7) is 2.45. The number of anilines is 1. The van der Waals surface area contributed by atoms with Gasteiger partial charge in [0.15, 0.2) is 11.5 Å². The highest BCUT2D eigenvalue weighted by atomic mass is 35.5. The molecule has 2 atom stereocenters. The molecule has 3 N–H and O–H groups in total. The molecule has 0 radical (unpaired) electrons. The minimum atomic E-state index is -0.0901. The number of carbonyl (C=O) groups is 1. The second-order valence-electron chi connectivity index (χ2n) is 4.99. The van der Waals surface area contributed by atoms with Gasteiger partial charge in [-0.25, -0.2) is 0 Å². The number of ether oxygens (including phenoxy) is 2. The van der Waals surface area contributed by atoms with E-state index in [-0.39, 0.29) is 30.3 Å². The van der Waals surface area contributed by atoms with Gasteiger partial charge < -0.3 is 20.5 Å². The third-order valence-electron chi connectivity index (χ3n) is 3.64. The van der Waals surface area contributed by atoms with Crippen LogP contribution in [-0.2, 0) is 4.79 Å². The maximum absolute atomic E-state index is 12.2. The normalized spacial score (nSPS) is 20.5. The lowest BCUT2D eigenvalue weighted by atomic mass is 10.0. The standard InChI is InChI=1S/C15H22N2O3.ClH/c1-3-20-14-9-10(7-8-13(14)19-2)17-15(18)11-5-4-6-12(11)16;/h7-9,11-12H,3-6,16H2,1-2H3,(H,17,18);1H. The van der Waals surface area contributed by atoms with E-state index in [4.69, 9.17) is 15.2 Å². The maximum atomic E-state index is 12.2. The zero-order valence-corrected chi connectivity index (χ0v) is 13.2. The van der Waals surface area contributed by atoms with Gasteiger partial charge in [0.25, 0.3) is 0 Å². The molecule has 6 heteroatoms. The van der Waals surface area contributed by atoms with E-state index in [0.29, 0.717) is 23.8 Å². The minimum absolute atomic E-state index is 0. The van der Waals surface area contributed by atoms with Crippen molar-refractivity contribution in [2.24, 2.45) is 11.7 Å². The number of amides is 1. The highest BCUT2D eigenvalue weighted by Crippen LogP contribution is 2.31. The van der Waals surface area contributed by atoms with Crippen LogP contribution in [0.3, 0.4) is 0 Å². The average Bonchev–Trinajstić information content (AvgIpc) is 2.86. The second kappa shape index (κ2) is 8.10. The van der Waals surface area contributed by atoms with Crippen LogP contribution in [-0.4, -0.2) is 25.7 Å². The van der Waals surface area contributed by atoms with E-state index in [0.717, 1.165) is 19.3 Å². The third-order valence-corrected chi connectivity index (χ3v) is 3.64. The molecule has 2 rings (SSSR count). The highest BCUT2D eigenvalue weighted by molar-refractivity contribution is 5.93. The van der Waals surface area contributed by atoms with Crippen molar-refractivity contribution in [3.8, 4) is 11.5 Å². The van der Waals surface area contributed by atoms with Gasteiger partial charge >= 0.3 is 0 Å². The molecule has 2 unspecified atom stereocenters. The third kappa shape index (κ3) is 4.25. The van der Waals surface area contributed by atoms with Crippen molar-refractivity contribution in [3.05, 3.63) is 18.2 Å². The average molecular weight is 315 g/mol. The van der Waals surface area contributed by atoms with Gasteiger partial charge in [-0.05, 0) is 31.9 Å². The smallest absolute Gasteiger partial charge is 0.229 e. The topological polar surface area (TPSA) is 73.6 Å². The van der Waals surface area contributed by atoms with Crippen molar-refractivity contribution in [3.63, 3.8) is 0 Å². The summed E-state index contributed by atoms with van der Waals surface area (Å²) >= 11 is 0. The van der Waals surface area contributed by atoms with Gasteiger partial charge in [-0.3, -0.25) is 4.79 Å². The van der Waals surface area contributed by atoms with Gasteiger partial charge in [0.05, 0.1) is 19.6 Å². The van der Waals surface area contributed by atoms with E-state index >= 15 is 0 Å². The van der Waals surface area contributed by atoms with Crippen LogP contribution in [0.5, 0.6) is 11.5 Å². The van der Waals surface area contributed by atoms with Gasteiger partial charge in [0.1, 0.15) is 0 Å². The Labute approximate surface area is 131 Å². The molecular formula is C15H23ClN2O3. The number of hydrogen-bond donors (Lipinski definition) is 2. The van der Waals surface area contributed by atoms with E-state index < -0.39 is 0 Å². The molecule has 0 heterocycles. The van der Waals surface area contributed by atoms with Crippen LogP contribution in [0.4, 0.5) is 5.69 Å². The number of benzene rings is 1. The Kier molecular flexibility index (Phi) is 6.78. The molecule has 21 heavy (non-hydrogen) atoms. The molecule has 0 aliphatic heterocycles. The summed E-state index contributed by atoms with van der Waals surface area (Å²) in [6, 6.07) is 5.34. The molecule has 0 saturated heterocycles. The van der Waals surface area contributed by atoms with Crippen molar-refractivity contribution >= 4 is 24.0 Å². The van der Waals surface area contributed by atoms with Crippen LogP contribution in [0.15, 0.2) is 18.2 Å². The van der Waals surface area contributed by atoms with Crippen molar-refractivity contribution in [2.75, 3.05) is 19.0 Å². The Bertz CT molecular complexity index is 482. The summed E-state index contributed by atoms with van der Waals surface area (Å²) in [5, 5.41) is 2.91. The van der Waals surface area contributed by atoms with E-state index in [9.17, 15) is 4.79 Å². The minimum Gasteiger partial charge on any atom is -0.493 e. The van der Waals surface area contributed by atoms with E-state index in [2.05, 4.69) is 5.32 Å². The van der Waals surface area contributed by atoms with Crippen molar-refractivity contribution in [1.82, 2.24) is 0 Å². The van der Waals surface area contributed by atoms with Gasteiger partial charge in [-0.15, -0.1) is 12.4 Å². The molecule has 1 aromatic rings. The number of rotatable bonds is 5. The van der Waals surface area contributed by atoms with Gasteiger partial charge in [-0.1, -0.05) is 6.42 Å². The fourth-order valence-electron chi connectivity index (χ4n) is 2.57. The number of nitrogens with one attached hydrogen (secondary N) is 1. The van der Waals surface area contributed by atoms with Gasteiger partial charge in [0, 0.05) is 17.8 Å².